The number of aromatic nitrogens is 1. The molecule has 0 aromatic carbocycles. The lowest BCUT2D eigenvalue weighted by Crippen LogP contribution is -2.59. The van der Waals surface area contributed by atoms with Gasteiger partial charge in [-0.1, -0.05) is 6.07 Å². The summed E-state index contributed by atoms with van der Waals surface area (Å²) in [6, 6.07) is 6.36. The Morgan fingerprint density at radius 1 is 1.32 bits per heavy atom. The van der Waals surface area contributed by atoms with E-state index >= 15 is 0 Å². The molecule has 2 rings (SSSR count). The summed E-state index contributed by atoms with van der Waals surface area (Å²) in [6.45, 7) is 9.79. The maximum atomic E-state index is 6.23. The first-order chi connectivity index (χ1) is 8.92. The zero-order valence-corrected chi connectivity index (χ0v) is 12.5. The molecular weight excluding hydrogens is 236 g/mol. The minimum atomic E-state index is 0.0779. The van der Waals surface area contributed by atoms with Crippen molar-refractivity contribution in [2.75, 3.05) is 26.7 Å². The third kappa shape index (κ3) is 3.14. The lowest BCUT2D eigenvalue weighted by atomic mass is 9.95. The van der Waals surface area contributed by atoms with Crippen molar-refractivity contribution in [2.24, 2.45) is 5.73 Å². The zero-order chi connectivity index (χ0) is 14.0. The third-order valence-electron chi connectivity index (χ3n) is 4.23. The van der Waals surface area contributed by atoms with Gasteiger partial charge in [-0.2, -0.15) is 0 Å². The van der Waals surface area contributed by atoms with Crippen LogP contribution < -0.4 is 5.73 Å². The van der Waals surface area contributed by atoms with Crippen molar-refractivity contribution in [3.8, 4) is 0 Å². The summed E-state index contributed by atoms with van der Waals surface area (Å²) in [4.78, 5) is 9.40. The van der Waals surface area contributed by atoms with Crippen LogP contribution in [0.2, 0.25) is 0 Å². The summed E-state index contributed by atoms with van der Waals surface area (Å²) in [5.41, 5.74) is 7.49. The Morgan fingerprint density at radius 3 is 2.58 bits per heavy atom. The van der Waals surface area contributed by atoms with Gasteiger partial charge in [0.15, 0.2) is 0 Å². The molecule has 19 heavy (non-hydrogen) atoms. The van der Waals surface area contributed by atoms with Gasteiger partial charge in [-0.15, -0.1) is 0 Å². The van der Waals surface area contributed by atoms with Gasteiger partial charge in [0.2, 0.25) is 0 Å². The predicted octanol–water partition coefficient (Wildman–Crippen LogP) is 1.50. The maximum absolute atomic E-state index is 6.23. The molecule has 2 atom stereocenters. The van der Waals surface area contributed by atoms with Crippen LogP contribution in [0.4, 0.5) is 0 Å². The van der Waals surface area contributed by atoms with E-state index in [4.69, 9.17) is 5.73 Å². The zero-order valence-electron chi connectivity index (χ0n) is 12.5. The molecule has 0 radical (unpaired) electrons. The smallest absolute Gasteiger partial charge is 0.0672 e. The first-order valence-electron chi connectivity index (χ1n) is 7.03. The molecule has 1 aromatic rings. The number of likely N-dealkylation sites (N-methyl/N-ethyl adjacent to an activating group) is 1. The molecule has 0 aliphatic carbocycles. The minimum Gasteiger partial charge on any atom is -0.326 e. The van der Waals surface area contributed by atoms with Crippen LogP contribution in [0.15, 0.2) is 24.4 Å². The molecule has 4 nitrogen and oxygen atoms in total. The minimum absolute atomic E-state index is 0.0779. The second-order valence-corrected chi connectivity index (χ2v) is 6.26. The third-order valence-corrected chi connectivity index (χ3v) is 4.23. The summed E-state index contributed by atoms with van der Waals surface area (Å²) in [5.74, 6) is 0. The van der Waals surface area contributed by atoms with Crippen LogP contribution in [0.5, 0.6) is 0 Å². The molecule has 1 fully saturated rings. The first-order valence-corrected chi connectivity index (χ1v) is 7.03. The van der Waals surface area contributed by atoms with E-state index in [1.165, 1.54) is 0 Å². The van der Waals surface area contributed by atoms with Gasteiger partial charge in [0.25, 0.3) is 0 Å². The molecule has 2 unspecified atom stereocenters. The van der Waals surface area contributed by atoms with E-state index in [1.807, 2.05) is 18.3 Å². The van der Waals surface area contributed by atoms with E-state index in [1.54, 1.807) is 0 Å². The Hall–Kier alpha value is -0.970. The Bertz CT molecular complexity index is 402. The normalized spacial score (nSPS) is 24.1. The second-order valence-electron chi connectivity index (χ2n) is 6.26. The number of hydrogen-bond acceptors (Lipinski definition) is 4. The van der Waals surface area contributed by atoms with Crippen molar-refractivity contribution < 1.29 is 0 Å². The maximum Gasteiger partial charge on any atom is 0.0672 e. The van der Waals surface area contributed by atoms with E-state index in [9.17, 15) is 0 Å². The molecule has 2 N–H and O–H groups in total. The fourth-order valence-electron chi connectivity index (χ4n) is 2.86. The van der Waals surface area contributed by atoms with Gasteiger partial charge in [-0.25, -0.2) is 0 Å². The van der Waals surface area contributed by atoms with Crippen LogP contribution >= 0.6 is 0 Å². The monoisotopic (exact) mass is 262 g/mol. The summed E-state index contributed by atoms with van der Waals surface area (Å²) < 4.78 is 0. The fraction of sp³-hybridized carbons (Fsp3) is 0.667. The van der Waals surface area contributed by atoms with Gasteiger partial charge in [-0.3, -0.25) is 14.8 Å². The van der Waals surface area contributed by atoms with Crippen LogP contribution in [0, 0.1) is 0 Å². The highest BCUT2D eigenvalue weighted by atomic mass is 15.3. The Morgan fingerprint density at radius 2 is 2.05 bits per heavy atom. The highest BCUT2D eigenvalue weighted by molar-refractivity contribution is 5.12. The molecule has 106 valence electrons. The molecule has 0 bridgehead atoms. The molecule has 2 heterocycles. The van der Waals surface area contributed by atoms with E-state index in [0.29, 0.717) is 0 Å². The van der Waals surface area contributed by atoms with E-state index in [-0.39, 0.29) is 17.6 Å². The van der Waals surface area contributed by atoms with Gasteiger partial charge >= 0.3 is 0 Å². The van der Waals surface area contributed by atoms with Gasteiger partial charge in [0.05, 0.1) is 11.7 Å². The number of rotatable bonds is 3. The van der Waals surface area contributed by atoms with E-state index < -0.39 is 0 Å². The van der Waals surface area contributed by atoms with Crippen LogP contribution in [-0.4, -0.2) is 53.0 Å². The van der Waals surface area contributed by atoms with Crippen molar-refractivity contribution >= 4 is 0 Å². The molecular formula is C15H26N4. The molecule has 1 aliphatic rings. The average molecular weight is 262 g/mol. The summed E-state index contributed by atoms with van der Waals surface area (Å²) >= 11 is 0. The molecule has 1 aromatic heterocycles. The number of nitrogens with zero attached hydrogens (tertiary/aromatic N) is 3. The summed E-state index contributed by atoms with van der Waals surface area (Å²) in [6.07, 6.45) is 1.85. The number of piperazine rings is 1. The van der Waals surface area contributed by atoms with E-state index in [2.05, 4.69) is 48.7 Å². The van der Waals surface area contributed by atoms with Crippen LogP contribution in [0.25, 0.3) is 0 Å². The molecule has 0 amide bonds. The highest BCUT2D eigenvalue weighted by Crippen LogP contribution is 2.28. The number of nitrogens with two attached hydrogens (primary N) is 1. The molecule has 0 spiro atoms. The Kier molecular flexibility index (Phi) is 4.23. The fourth-order valence-corrected chi connectivity index (χ4v) is 2.86. The van der Waals surface area contributed by atoms with Crippen molar-refractivity contribution in [3.63, 3.8) is 0 Å². The molecule has 1 aliphatic heterocycles. The molecule has 1 saturated heterocycles. The topological polar surface area (TPSA) is 45.4 Å². The second kappa shape index (κ2) is 5.57. The lowest BCUT2D eigenvalue weighted by Gasteiger charge is -2.48. The van der Waals surface area contributed by atoms with Crippen molar-refractivity contribution in [2.45, 2.75) is 38.4 Å². The SMILES string of the molecule is CC(N)C(c1ccccn1)N1CCN(C)C(C)(C)C1. The van der Waals surface area contributed by atoms with Crippen LogP contribution in [0.3, 0.4) is 0 Å². The van der Waals surface area contributed by atoms with Gasteiger partial charge in [0.1, 0.15) is 0 Å². The Labute approximate surface area is 116 Å². The Balaban J connectivity index is 2.22. The summed E-state index contributed by atoms with van der Waals surface area (Å²) in [7, 11) is 2.19. The quantitative estimate of drug-likeness (QED) is 0.896. The molecule has 0 saturated carbocycles. The highest BCUT2D eigenvalue weighted by Gasteiger charge is 2.36. The largest absolute Gasteiger partial charge is 0.326 e. The summed E-state index contributed by atoms with van der Waals surface area (Å²) in [5, 5.41) is 0. The number of pyridine rings is 1. The standard InChI is InChI=1S/C15H26N4/c1-12(16)14(13-7-5-6-8-17-13)19-10-9-18(4)15(2,3)11-19/h5-8,12,14H,9-11,16H2,1-4H3. The number of hydrogen-bond donors (Lipinski definition) is 1. The lowest BCUT2D eigenvalue weighted by molar-refractivity contribution is 0.0102. The predicted molar refractivity (Wildman–Crippen MR) is 78.9 cm³/mol. The van der Waals surface area contributed by atoms with Crippen molar-refractivity contribution in [1.82, 2.24) is 14.8 Å². The first kappa shape index (κ1) is 14.4. The van der Waals surface area contributed by atoms with Crippen LogP contribution in [0.1, 0.15) is 32.5 Å². The van der Waals surface area contributed by atoms with E-state index in [0.717, 1.165) is 25.3 Å². The van der Waals surface area contributed by atoms with Gasteiger partial charge in [-0.05, 0) is 40.0 Å². The van der Waals surface area contributed by atoms with Gasteiger partial charge in [0, 0.05) is 37.4 Å². The molecule has 4 heteroatoms. The average Bonchev–Trinajstić information content (AvgIpc) is 2.34. The van der Waals surface area contributed by atoms with Crippen molar-refractivity contribution in [1.29, 1.82) is 0 Å². The van der Waals surface area contributed by atoms with Crippen molar-refractivity contribution in [3.05, 3.63) is 30.1 Å². The van der Waals surface area contributed by atoms with Gasteiger partial charge < -0.3 is 5.73 Å². The van der Waals surface area contributed by atoms with Crippen LogP contribution in [-0.2, 0) is 0 Å².